The molecule has 41 heavy (non-hydrogen) atoms. The first-order valence-corrected chi connectivity index (χ1v) is 15.6. The number of piperidine rings is 1. The molecular weight excluding hydrogens is 534 g/mol. The molecule has 212 valence electrons. The van der Waals surface area contributed by atoms with Crippen LogP contribution in [0.5, 0.6) is 0 Å². The van der Waals surface area contributed by atoms with Crippen LogP contribution in [0.2, 0.25) is 0 Å². The summed E-state index contributed by atoms with van der Waals surface area (Å²) in [6.07, 6.45) is 12.1. The van der Waals surface area contributed by atoms with Gasteiger partial charge in [-0.3, -0.25) is 14.0 Å². The second-order valence-corrected chi connectivity index (χ2v) is 12.0. The zero-order valence-corrected chi connectivity index (χ0v) is 24.2. The van der Waals surface area contributed by atoms with Gasteiger partial charge in [-0.25, -0.2) is 15.0 Å². The van der Waals surface area contributed by atoms with Crippen LogP contribution in [0.15, 0.2) is 55.0 Å². The van der Waals surface area contributed by atoms with Crippen molar-refractivity contribution in [2.75, 3.05) is 29.6 Å². The number of likely N-dealkylation sites (tertiary alicyclic amines) is 1. The minimum absolute atomic E-state index is 0.0800. The topological polar surface area (TPSA) is 119 Å². The monoisotopic (exact) mass is 569 g/mol. The van der Waals surface area contributed by atoms with E-state index < -0.39 is 0 Å². The van der Waals surface area contributed by atoms with E-state index in [4.69, 9.17) is 10.7 Å². The van der Waals surface area contributed by atoms with Crippen LogP contribution in [0.3, 0.4) is 0 Å². The maximum Gasteiger partial charge on any atom is 0.256 e. The van der Waals surface area contributed by atoms with E-state index in [0.717, 1.165) is 41.2 Å². The molecule has 1 aromatic carbocycles. The SMILES string of the molecule is CSCCC(=O)N1CC(c2nc(-c3ccc(C(=O)Nc4cc(C5CC5)ccn4)cc3)c3c(N)nccn23)CCC1C. The Morgan fingerprint density at radius 1 is 1.05 bits per heavy atom. The summed E-state index contributed by atoms with van der Waals surface area (Å²) in [5.41, 5.74) is 10.4. The van der Waals surface area contributed by atoms with Gasteiger partial charge < -0.3 is 16.0 Å². The van der Waals surface area contributed by atoms with Gasteiger partial charge in [0.25, 0.3) is 5.91 Å². The number of pyridine rings is 1. The molecule has 1 saturated carbocycles. The summed E-state index contributed by atoms with van der Waals surface area (Å²) in [7, 11) is 0. The molecule has 1 aliphatic heterocycles. The number of thioether (sulfide) groups is 1. The Hall–Kier alpha value is -3.92. The van der Waals surface area contributed by atoms with E-state index in [0.29, 0.717) is 36.1 Å². The van der Waals surface area contributed by atoms with Gasteiger partial charge in [-0.15, -0.1) is 0 Å². The molecular formula is C31H35N7O2S. The minimum Gasteiger partial charge on any atom is -0.382 e. The van der Waals surface area contributed by atoms with Crippen LogP contribution in [-0.4, -0.2) is 60.7 Å². The fourth-order valence-electron chi connectivity index (χ4n) is 5.73. The number of hydrogen-bond donors (Lipinski definition) is 2. The quantitative estimate of drug-likeness (QED) is 0.294. The highest BCUT2D eigenvalue weighted by molar-refractivity contribution is 7.98. The molecule has 2 amide bonds. The van der Waals surface area contributed by atoms with Crippen molar-refractivity contribution in [1.82, 2.24) is 24.3 Å². The molecule has 6 rings (SSSR count). The molecule has 9 nitrogen and oxygen atoms in total. The predicted octanol–water partition coefficient (Wildman–Crippen LogP) is 5.35. The predicted molar refractivity (Wildman–Crippen MR) is 163 cm³/mol. The van der Waals surface area contributed by atoms with E-state index in [1.165, 1.54) is 18.4 Å². The van der Waals surface area contributed by atoms with Crippen LogP contribution in [-0.2, 0) is 4.79 Å². The summed E-state index contributed by atoms with van der Waals surface area (Å²) in [6, 6.07) is 11.6. The molecule has 1 saturated heterocycles. The number of hydrogen-bond acceptors (Lipinski definition) is 7. The van der Waals surface area contributed by atoms with Crippen molar-refractivity contribution in [1.29, 1.82) is 0 Å². The third-order valence-corrected chi connectivity index (χ3v) is 8.81. The summed E-state index contributed by atoms with van der Waals surface area (Å²) < 4.78 is 2.02. The molecule has 1 aliphatic carbocycles. The zero-order chi connectivity index (χ0) is 28.5. The second kappa shape index (κ2) is 11.5. The van der Waals surface area contributed by atoms with Crippen molar-refractivity contribution in [3.05, 3.63) is 71.9 Å². The lowest BCUT2D eigenvalue weighted by Crippen LogP contribution is -2.45. The van der Waals surface area contributed by atoms with E-state index in [9.17, 15) is 9.59 Å². The highest BCUT2D eigenvalue weighted by atomic mass is 32.2. The number of rotatable bonds is 8. The molecule has 3 aromatic heterocycles. The maximum atomic E-state index is 13.0. The van der Waals surface area contributed by atoms with Crippen molar-refractivity contribution in [2.24, 2.45) is 0 Å². The van der Waals surface area contributed by atoms with Crippen molar-refractivity contribution in [3.63, 3.8) is 0 Å². The van der Waals surface area contributed by atoms with Gasteiger partial charge in [0.15, 0.2) is 0 Å². The summed E-state index contributed by atoms with van der Waals surface area (Å²) in [5.74, 6) is 3.31. The van der Waals surface area contributed by atoms with Gasteiger partial charge in [0.05, 0.1) is 0 Å². The number of fused-ring (bicyclic) bond motifs is 1. The van der Waals surface area contributed by atoms with Crippen LogP contribution < -0.4 is 11.1 Å². The number of nitrogens with zero attached hydrogens (tertiary/aromatic N) is 5. The van der Waals surface area contributed by atoms with E-state index in [1.54, 1.807) is 36.3 Å². The standard InChI is InChI=1S/C31H35N7O2S/c1-19-3-4-24(18-38(19)26(39)12-16-41-2)30-36-27(28-29(32)34-14-15-37(28)30)21-7-9-22(10-8-21)31(40)35-25-17-23(11-13-33-25)20-5-6-20/h7-11,13-15,17,19-20,24H,3-6,12,16,18H2,1-2H3,(H2,32,34)(H,33,35,40). The van der Waals surface area contributed by atoms with Gasteiger partial charge in [0.1, 0.15) is 28.7 Å². The van der Waals surface area contributed by atoms with Crippen LogP contribution >= 0.6 is 11.8 Å². The van der Waals surface area contributed by atoms with Crippen molar-refractivity contribution >= 4 is 40.7 Å². The number of carbonyl (C=O) groups is 2. The Balaban J connectivity index is 1.26. The van der Waals surface area contributed by atoms with Gasteiger partial charge in [0, 0.05) is 60.4 Å². The normalized spacial score (nSPS) is 18.9. The Labute approximate surface area is 244 Å². The molecule has 4 aromatic rings. The maximum absolute atomic E-state index is 13.0. The number of nitrogen functional groups attached to an aromatic ring is 1. The Bertz CT molecular complexity index is 1580. The van der Waals surface area contributed by atoms with Crippen LogP contribution in [0.4, 0.5) is 11.6 Å². The fraction of sp³-hybridized carbons (Fsp3) is 0.387. The first-order chi connectivity index (χ1) is 19.9. The number of nitrogens with two attached hydrogens (primary N) is 1. The van der Waals surface area contributed by atoms with Crippen molar-refractivity contribution in [2.45, 2.75) is 56.9 Å². The number of amides is 2. The molecule has 0 spiro atoms. The molecule has 2 unspecified atom stereocenters. The first kappa shape index (κ1) is 27.3. The van der Waals surface area contributed by atoms with E-state index >= 15 is 0 Å². The molecule has 2 atom stereocenters. The summed E-state index contributed by atoms with van der Waals surface area (Å²) in [4.78, 5) is 41.7. The number of aromatic nitrogens is 4. The summed E-state index contributed by atoms with van der Waals surface area (Å²) in [5, 5.41) is 2.92. The van der Waals surface area contributed by atoms with Gasteiger partial charge in [-0.05, 0) is 74.6 Å². The Morgan fingerprint density at radius 2 is 1.83 bits per heavy atom. The summed E-state index contributed by atoms with van der Waals surface area (Å²) >= 11 is 1.69. The van der Waals surface area contributed by atoms with Gasteiger partial charge in [-0.2, -0.15) is 11.8 Å². The molecule has 3 N–H and O–H groups in total. The van der Waals surface area contributed by atoms with Crippen molar-refractivity contribution in [3.8, 4) is 11.3 Å². The average molecular weight is 570 g/mol. The highest BCUT2D eigenvalue weighted by Crippen LogP contribution is 2.40. The smallest absolute Gasteiger partial charge is 0.256 e. The summed E-state index contributed by atoms with van der Waals surface area (Å²) in [6.45, 7) is 2.76. The molecule has 10 heteroatoms. The highest BCUT2D eigenvalue weighted by Gasteiger charge is 2.32. The van der Waals surface area contributed by atoms with Gasteiger partial charge in [-0.1, -0.05) is 12.1 Å². The minimum atomic E-state index is -0.212. The third kappa shape index (κ3) is 5.66. The molecule has 2 fully saturated rings. The van der Waals surface area contributed by atoms with Crippen LogP contribution in [0.1, 0.15) is 72.6 Å². The van der Waals surface area contributed by atoms with Gasteiger partial charge >= 0.3 is 0 Å². The number of imidazole rings is 1. The zero-order valence-electron chi connectivity index (χ0n) is 23.4. The fourth-order valence-corrected chi connectivity index (χ4v) is 6.11. The molecule has 0 radical (unpaired) electrons. The Morgan fingerprint density at radius 3 is 2.59 bits per heavy atom. The number of anilines is 2. The largest absolute Gasteiger partial charge is 0.382 e. The van der Waals surface area contributed by atoms with E-state index in [1.807, 2.05) is 46.0 Å². The second-order valence-electron chi connectivity index (χ2n) is 11.0. The molecule has 2 aliphatic rings. The van der Waals surface area contributed by atoms with E-state index in [-0.39, 0.29) is 23.8 Å². The first-order valence-electron chi connectivity index (χ1n) is 14.2. The average Bonchev–Trinajstić information content (AvgIpc) is 3.77. The Kier molecular flexibility index (Phi) is 7.66. The van der Waals surface area contributed by atoms with E-state index in [2.05, 4.69) is 22.2 Å². The van der Waals surface area contributed by atoms with Crippen molar-refractivity contribution < 1.29 is 9.59 Å². The number of benzene rings is 1. The molecule has 0 bridgehead atoms. The lowest BCUT2D eigenvalue weighted by molar-refractivity contribution is -0.134. The third-order valence-electron chi connectivity index (χ3n) is 8.19. The molecule has 4 heterocycles. The number of carbonyl (C=O) groups excluding carboxylic acids is 2. The lowest BCUT2D eigenvalue weighted by Gasteiger charge is -2.37. The number of nitrogens with one attached hydrogen (secondary N) is 1. The van der Waals surface area contributed by atoms with Gasteiger partial charge in [0.2, 0.25) is 5.91 Å². The van der Waals surface area contributed by atoms with Crippen LogP contribution in [0.25, 0.3) is 16.8 Å². The van der Waals surface area contributed by atoms with Crippen LogP contribution in [0, 0.1) is 0 Å². The lowest BCUT2D eigenvalue weighted by atomic mass is 9.92.